The predicted octanol–water partition coefficient (Wildman–Crippen LogP) is 20.2. The van der Waals surface area contributed by atoms with E-state index in [-0.39, 0.29) is 11.6 Å². The van der Waals surface area contributed by atoms with Gasteiger partial charge in [0.1, 0.15) is 0 Å². The molecule has 13 aromatic rings. The zero-order chi connectivity index (χ0) is 48.8. The van der Waals surface area contributed by atoms with E-state index < -0.39 is 0 Å². The molecule has 73 heavy (non-hydrogen) atoms. The molecule has 0 N–H and O–H groups in total. The maximum Gasteiger partial charge on any atom is 0.155 e. The van der Waals surface area contributed by atoms with Crippen molar-refractivity contribution in [1.29, 1.82) is 0 Å². The summed E-state index contributed by atoms with van der Waals surface area (Å²) in [6.45, 7) is 0. The molecule has 0 unspecified atom stereocenters. The highest BCUT2D eigenvalue weighted by Crippen LogP contribution is 2.50. The molecule has 1 aromatic heterocycles. The van der Waals surface area contributed by atoms with Crippen LogP contribution in [-0.2, 0) is 0 Å². The Balaban J connectivity index is 1.01. The van der Waals surface area contributed by atoms with Crippen molar-refractivity contribution in [3.8, 4) is 44.5 Å². The lowest BCUT2D eigenvalue weighted by Crippen LogP contribution is -2.12. The van der Waals surface area contributed by atoms with E-state index in [2.05, 4.69) is 89.8 Å². The lowest BCUT2D eigenvalue weighted by molar-refractivity contribution is 0.632. The van der Waals surface area contributed by atoms with E-state index in [4.69, 9.17) is 0 Å². The SMILES string of the molecule is Fc1c(-c2ccccc2)cc(-c2ccccc2)cc1N(c1ccccc1)c1ccc2c(c1)sc1c3ccc(N(c4ccccc4)c4cc(-c5ccccc5)cc(-c5ccccc5)c4F)cc3c3ccccc3c21. The molecule has 12 aromatic carbocycles. The molecule has 0 fully saturated rings. The van der Waals surface area contributed by atoms with Crippen LogP contribution in [0.1, 0.15) is 0 Å². The van der Waals surface area contributed by atoms with Crippen LogP contribution in [0.5, 0.6) is 0 Å². The molecule has 0 amide bonds. The Kier molecular flexibility index (Phi) is 11.1. The van der Waals surface area contributed by atoms with Crippen LogP contribution in [0.25, 0.3) is 86.2 Å². The lowest BCUT2D eigenvalue weighted by Gasteiger charge is -2.28. The molecule has 346 valence electrons. The Labute approximate surface area is 426 Å². The zero-order valence-electron chi connectivity index (χ0n) is 39.5. The molecule has 0 bridgehead atoms. The third-order valence-corrected chi connectivity index (χ3v) is 15.1. The second-order valence-corrected chi connectivity index (χ2v) is 19.3. The Hall–Kier alpha value is -9.16. The molecule has 0 radical (unpaired) electrons. The van der Waals surface area contributed by atoms with Crippen molar-refractivity contribution in [2.24, 2.45) is 0 Å². The van der Waals surface area contributed by atoms with Crippen molar-refractivity contribution in [2.45, 2.75) is 0 Å². The van der Waals surface area contributed by atoms with E-state index in [1.807, 2.05) is 187 Å². The van der Waals surface area contributed by atoms with Gasteiger partial charge in [-0.2, -0.15) is 0 Å². The van der Waals surface area contributed by atoms with Gasteiger partial charge in [0.25, 0.3) is 0 Å². The molecular weight excluding hydrogens is 915 g/mol. The van der Waals surface area contributed by atoms with Crippen LogP contribution in [0.3, 0.4) is 0 Å². The summed E-state index contributed by atoms with van der Waals surface area (Å²) < 4.78 is 37.4. The summed E-state index contributed by atoms with van der Waals surface area (Å²) in [5.74, 6) is -0.602. The fourth-order valence-electron chi connectivity index (χ4n) is 10.5. The van der Waals surface area contributed by atoms with E-state index in [0.29, 0.717) is 22.5 Å². The molecule has 0 saturated carbocycles. The first-order valence-electron chi connectivity index (χ1n) is 24.5. The van der Waals surface area contributed by atoms with Crippen molar-refractivity contribution in [2.75, 3.05) is 9.80 Å². The summed E-state index contributed by atoms with van der Waals surface area (Å²) >= 11 is 1.75. The third kappa shape index (κ3) is 7.88. The Bertz CT molecular complexity index is 4150. The van der Waals surface area contributed by atoms with E-state index in [0.717, 1.165) is 92.5 Å². The highest BCUT2D eigenvalue weighted by molar-refractivity contribution is 7.27. The highest BCUT2D eigenvalue weighted by atomic mass is 32.1. The van der Waals surface area contributed by atoms with Crippen molar-refractivity contribution in [1.82, 2.24) is 0 Å². The quantitative estimate of drug-likeness (QED) is 0.126. The minimum absolute atomic E-state index is 0.300. The van der Waals surface area contributed by atoms with E-state index in [9.17, 15) is 0 Å². The van der Waals surface area contributed by atoms with Gasteiger partial charge in [0.05, 0.1) is 11.4 Å². The molecule has 0 aliphatic rings. The van der Waals surface area contributed by atoms with Crippen LogP contribution in [0, 0.1) is 11.6 Å². The largest absolute Gasteiger partial charge is 0.308 e. The first kappa shape index (κ1) is 43.8. The van der Waals surface area contributed by atoms with Gasteiger partial charge in [-0.25, -0.2) is 8.78 Å². The van der Waals surface area contributed by atoms with E-state index in [1.165, 1.54) is 5.39 Å². The Morgan fingerprint density at radius 3 is 1.15 bits per heavy atom. The standard InChI is InChI=1S/C68H44F2N2S/c69-66-59(47-25-11-3-12-26-47)39-49(45-21-7-1-8-22-45)41-62(66)71(51-29-15-5-16-30-51)53-35-37-57-61(43-53)55-33-19-20-34-56(55)65-58-38-36-54(44-64(58)73-68(57)65)72(52-31-17-6-18-32-52)63-42-50(46-23-9-2-10-24-46)40-60(67(63)70)48-27-13-4-14-28-48/h1-44H. The normalized spacial score (nSPS) is 11.4. The first-order chi connectivity index (χ1) is 36.1. The molecule has 0 saturated heterocycles. The molecule has 0 atom stereocenters. The summed E-state index contributed by atoms with van der Waals surface area (Å²) in [6.07, 6.45) is 0. The van der Waals surface area contributed by atoms with Crippen LogP contribution < -0.4 is 9.80 Å². The average Bonchev–Trinajstić information content (AvgIpc) is 3.85. The van der Waals surface area contributed by atoms with Gasteiger partial charge in [0.15, 0.2) is 11.6 Å². The van der Waals surface area contributed by atoms with Crippen molar-refractivity contribution in [3.05, 3.63) is 279 Å². The molecular formula is C68H44F2N2S. The second-order valence-electron chi connectivity index (χ2n) is 18.3. The van der Waals surface area contributed by atoms with Gasteiger partial charge >= 0.3 is 0 Å². The molecule has 0 aliphatic carbocycles. The number of hydrogen-bond acceptors (Lipinski definition) is 3. The van der Waals surface area contributed by atoms with Crippen LogP contribution in [0.2, 0.25) is 0 Å². The van der Waals surface area contributed by atoms with Crippen molar-refractivity contribution >= 4 is 87.2 Å². The Morgan fingerprint density at radius 1 is 0.274 bits per heavy atom. The molecule has 2 nitrogen and oxygen atoms in total. The Morgan fingerprint density at radius 2 is 0.671 bits per heavy atom. The zero-order valence-corrected chi connectivity index (χ0v) is 40.3. The second kappa shape index (κ2) is 18.5. The maximum atomic E-state index is 17.6. The molecule has 0 spiro atoms. The fourth-order valence-corrected chi connectivity index (χ4v) is 11.8. The first-order valence-corrected chi connectivity index (χ1v) is 25.3. The summed E-state index contributed by atoms with van der Waals surface area (Å²) in [5.41, 5.74) is 10.8. The van der Waals surface area contributed by atoms with Gasteiger partial charge in [-0.15, -0.1) is 11.3 Å². The van der Waals surface area contributed by atoms with Gasteiger partial charge in [-0.05, 0) is 122 Å². The number of thiophene rings is 1. The molecule has 0 aliphatic heterocycles. The smallest absolute Gasteiger partial charge is 0.155 e. The average molecular weight is 959 g/mol. The van der Waals surface area contributed by atoms with Crippen LogP contribution in [-0.4, -0.2) is 0 Å². The number of halogens is 2. The number of para-hydroxylation sites is 2. The van der Waals surface area contributed by atoms with Gasteiger partial charge in [0.2, 0.25) is 0 Å². The number of anilines is 6. The molecule has 5 heteroatoms. The van der Waals surface area contributed by atoms with Crippen LogP contribution >= 0.6 is 11.3 Å². The number of hydrogen-bond donors (Lipinski definition) is 0. The van der Waals surface area contributed by atoms with Crippen molar-refractivity contribution in [3.63, 3.8) is 0 Å². The maximum absolute atomic E-state index is 17.6. The van der Waals surface area contributed by atoms with Gasteiger partial charge in [-0.1, -0.05) is 194 Å². The minimum Gasteiger partial charge on any atom is -0.308 e. The van der Waals surface area contributed by atoms with Crippen LogP contribution in [0.15, 0.2) is 267 Å². The lowest BCUT2D eigenvalue weighted by atomic mass is 9.95. The van der Waals surface area contributed by atoms with Crippen molar-refractivity contribution < 1.29 is 8.78 Å². The summed E-state index contributed by atoms with van der Waals surface area (Å²) in [5, 5.41) is 6.70. The third-order valence-electron chi connectivity index (χ3n) is 13.9. The monoisotopic (exact) mass is 958 g/mol. The summed E-state index contributed by atoms with van der Waals surface area (Å²) in [7, 11) is 0. The number of nitrogens with zero attached hydrogens (tertiary/aromatic N) is 2. The van der Waals surface area contributed by atoms with Gasteiger partial charge in [0, 0.05) is 59.4 Å². The fraction of sp³-hybridized carbons (Fsp3) is 0. The summed E-state index contributed by atoms with van der Waals surface area (Å²) in [6, 6.07) is 89.6. The number of benzene rings is 12. The number of fused-ring (bicyclic) bond motifs is 8. The number of rotatable bonds is 10. The molecule has 1 heterocycles. The van der Waals surface area contributed by atoms with Crippen LogP contribution in [0.4, 0.5) is 42.9 Å². The molecule has 13 rings (SSSR count). The van der Waals surface area contributed by atoms with Gasteiger partial charge in [-0.3, -0.25) is 0 Å². The van der Waals surface area contributed by atoms with Gasteiger partial charge < -0.3 is 9.80 Å². The topological polar surface area (TPSA) is 6.48 Å². The highest BCUT2D eigenvalue weighted by Gasteiger charge is 2.25. The van der Waals surface area contributed by atoms with E-state index >= 15 is 8.78 Å². The minimum atomic E-state index is -0.303. The van der Waals surface area contributed by atoms with E-state index in [1.54, 1.807) is 11.3 Å². The summed E-state index contributed by atoms with van der Waals surface area (Å²) in [4.78, 5) is 4.10. The predicted molar refractivity (Wildman–Crippen MR) is 305 cm³/mol.